The van der Waals surface area contributed by atoms with Gasteiger partial charge in [-0.05, 0) is 18.6 Å². The lowest BCUT2D eigenvalue weighted by Crippen LogP contribution is -2.33. The van der Waals surface area contributed by atoms with Crippen LogP contribution in [0.2, 0.25) is 0 Å². The highest BCUT2D eigenvalue weighted by molar-refractivity contribution is 5.78. The predicted octanol–water partition coefficient (Wildman–Crippen LogP) is -0.105. The lowest BCUT2D eigenvalue weighted by Gasteiger charge is -2.07. The number of benzene rings is 1. The van der Waals surface area contributed by atoms with Crippen LogP contribution < -0.4 is 10.9 Å². The number of fused-ring (bicyclic) bond motifs is 1. The van der Waals surface area contributed by atoms with Gasteiger partial charge in [-0.3, -0.25) is 14.2 Å². The maximum absolute atomic E-state index is 12.1. The zero-order chi connectivity index (χ0) is 13.7. The molecule has 2 N–H and O–H groups in total. The van der Waals surface area contributed by atoms with Crippen LogP contribution in [0.1, 0.15) is 6.42 Å². The predicted molar refractivity (Wildman–Crippen MR) is 70.7 cm³/mol. The molecule has 0 aliphatic heterocycles. The molecule has 2 aromatic rings. The lowest BCUT2D eigenvalue weighted by molar-refractivity contribution is -0.121. The van der Waals surface area contributed by atoms with Crippen molar-refractivity contribution in [1.29, 1.82) is 0 Å². The molecule has 0 saturated carbocycles. The maximum atomic E-state index is 12.1. The summed E-state index contributed by atoms with van der Waals surface area (Å²) in [6.07, 6.45) is 1.87. The van der Waals surface area contributed by atoms with Gasteiger partial charge < -0.3 is 10.4 Å². The monoisotopic (exact) mass is 261 g/mol. The number of carbonyl (C=O) groups excluding carboxylic acids is 1. The average molecular weight is 261 g/mol. The van der Waals surface area contributed by atoms with Crippen molar-refractivity contribution in [2.45, 2.75) is 13.0 Å². The molecule has 1 aromatic carbocycles. The summed E-state index contributed by atoms with van der Waals surface area (Å²) in [4.78, 5) is 27.8. The average Bonchev–Trinajstić information content (AvgIpc) is 2.43. The Labute approximate surface area is 109 Å². The van der Waals surface area contributed by atoms with Gasteiger partial charge in [-0.15, -0.1) is 0 Å². The van der Waals surface area contributed by atoms with Crippen molar-refractivity contribution < 1.29 is 9.90 Å². The lowest BCUT2D eigenvalue weighted by atomic mass is 10.2. The summed E-state index contributed by atoms with van der Waals surface area (Å²) < 4.78 is 1.27. The number of aliphatic hydroxyl groups excluding tert-OH is 1. The highest BCUT2D eigenvalue weighted by atomic mass is 16.3. The van der Waals surface area contributed by atoms with E-state index in [0.717, 1.165) is 0 Å². The first-order valence-corrected chi connectivity index (χ1v) is 6.04. The van der Waals surface area contributed by atoms with E-state index < -0.39 is 0 Å². The van der Waals surface area contributed by atoms with E-state index in [2.05, 4.69) is 10.3 Å². The molecule has 0 unspecified atom stereocenters. The van der Waals surface area contributed by atoms with Crippen LogP contribution in [0.15, 0.2) is 35.4 Å². The van der Waals surface area contributed by atoms with E-state index in [1.807, 2.05) is 0 Å². The van der Waals surface area contributed by atoms with Gasteiger partial charge in [0.25, 0.3) is 5.56 Å². The van der Waals surface area contributed by atoms with E-state index in [1.54, 1.807) is 24.3 Å². The van der Waals surface area contributed by atoms with Gasteiger partial charge in [0, 0.05) is 13.2 Å². The van der Waals surface area contributed by atoms with Crippen molar-refractivity contribution in [2.75, 3.05) is 13.2 Å². The van der Waals surface area contributed by atoms with E-state index in [0.29, 0.717) is 23.9 Å². The van der Waals surface area contributed by atoms with Crippen LogP contribution in [0.3, 0.4) is 0 Å². The fraction of sp³-hybridized carbons (Fsp3) is 0.308. The van der Waals surface area contributed by atoms with Gasteiger partial charge in [0.15, 0.2) is 0 Å². The Morgan fingerprint density at radius 2 is 2.16 bits per heavy atom. The highest BCUT2D eigenvalue weighted by Crippen LogP contribution is 2.04. The van der Waals surface area contributed by atoms with Crippen molar-refractivity contribution in [2.24, 2.45) is 0 Å². The number of para-hydroxylation sites is 1. The Kier molecular flexibility index (Phi) is 4.25. The molecule has 1 amide bonds. The first-order valence-electron chi connectivity index (χ1n) is 6.04. The number of amides is 1. The summed E-state index contributed by atoms with van der Waals surface area (Å²) in [5.41, 5.74) is 0.382. The minimum atomic E-state index is -0.271. The second-order valence-electron chi connectivity index (χ2n) is 4.12. The summed E-state index contributed by atoms with van der Waals surface area (Å²) in [7, 11) is 0. The molecule has 0 atom stereocenters. The van der Waals surface area contributed by atoms with Crippen LogP contribution in [0.5, 0.6) is 0 Å². The Morgan fingerprint density at radius 1 is 1.37 bits per heavy atom. The van der Waals surface area contributed by atoms with E-state index in [4.69, 9.17) is 5.11 Å². The van der Waals surface area contributed by atoms with E-state index >= 15 is 0 Å². The summed E-state index contributed by atoms with van der Waals surface area (Å²) in [5.74, 6) is -0.271. The third-order valence-corrected chi connectivity index (χ3v) is 2.70. The number of hydrogen-bond acceptors (Lipinski definition) is 4. The molecule has 2 rings (SSSR count). The number of carbonyl (C=O) groups is 1. The minimum absolute atomic E-state index is 0.0256. The number of hydrogen-bond donors (Lipinski definition) is 2. The molecule has 1 aromatic heterocycles. The quantitative estimate of drug-likeness (QED) is 0.736. The van der Waals surface area contributed by atoms with E-state index in [9.17, 15) is 9.59 Å². The largest absolute Gasteiger partial charge is 0.396 e. The van der Waals surface area contributed by atoms with Crippen LogP contribution in [0.25, 0.3) is 10.9 Å². The Morgan fingerprint density at radius 3 is 2.95 bits per heavy atom. The molecule has 1 heterocycles. The molecule has 0 bridgehead atoms. The van der Waals surface area contributed by atoms with Crippen molar-refractivity contribution in [3.05, 3.63) is 40.9 Å². The maximum Gasteiger partial charge on any atom is 0.261 e. The molecule has 0 aliphatic rings. The van der Waals surface area contributed by atoms with Crippen LogP contribution in [0, 0.1) is 0 Å². The van der Waals surface area contributed by atoms with Crippen LogP contribution >= 0.6 is 0 Å². The number of aromatic nitrogens is 2. The third-order valence-electron chi connectivity index (χ3n) is 2.70. The molecule has 6 nitrogen and oxygen atoms in total. The summed E-state index contributed by atoms with van der Waals surface area (Å²) in [5, 5.41) is 11.7. The SMILES string of the molecule is O=C(Cn1cnc2ccccc2c1=O)NCCCO. The minimum Gasteiger partial charge on any atom is -0.396 e. The van der Waals surface area contributed by atoms with Gasteiger partial charge in [-0.1, -0.05) is 12.1 Å². The molecule has 0 aliphatic carbocycles. The van der Waals surface area contributed by atoms with Gasteiger partial charge in [-0.2, -0.15) is 0 Å². The molecule has 0 radical (unpaired) electrons. The molecule has 19 heavy (non-hydrogen) atoms. The molecular weight excluding hydrogens is 246 g/mol. The second-order valence-corrected chi connectivity index (χ2v) is 4.12. The number of rotatable bonds is 5. The van der Waals surface area contributed by atoms with Crippen molar-refractivity contribution in [3.63, 3.8) is 0 Å². The Hall–Kier alpha value is -2.21. The van der Waals surface area contributed by atoms with Crippen molar-refractivity contribution in [1.82, 2.24) is 14.9 Å². The molecule has 0 saturated heterocycles. The fourth-order valence-electron chi connectivity index (χ4n) is 1.74. The van der Waals surface area contributed by atoms with Gasteiger partial charge in [0.1, 0.15) is 6.54 Å². The topological polar surface area (TPSA) is 84.2 Å². The van der Waals surface area contributed by atoms with Crippen molar-refractivity contribution >= 4 is 16.8 Å². The number of nitrogens with one attached hydrogen (secondary N) is 1. The summed E-state index contributed by atoms with van der Waals surface area (Å²) >= 11 is 0. The van der Waals surface area contributed by atoms with Gasteiger partial charge in [0.2, 0.25) is 5.91 Å². The smallest absolute Gasteiger partial charge is 0.261 e. The molecule has 100 valence electrons. The van der Waals surface area contributed by atoms with Crippen LogP contribution in [-0.4, -0.2) is 33.7 Å². The second kappa shape index (κ2) is 6.10. The fourth-order valence-corrected chi connectivity index (χ4v) is 1.74. The Bertz CT molecular complexity index is 636. The summed E-state index contributed by atoms with van der Waals surface area (Å²) in [6.45, 7) is 0.352. The van der Waals surface area contributed by atoms with E-state index in [1.165, 1.54) is 10.9 Å². The third kappa shape index (κ3) is 3.17. The van der Waals surface area contributed by atoms with Crippen LogP contribution in [0.4, 0.5) is 0 Å². The normalized spacial score (nSPS) is 10.6. The molecule has 6 heteroatoms. The van der Waals surface area contributed by atoms with E-state index in [-0.39, 0.29) is 24.6 Å². The zero-order valence-electron chi connectivity index (χ0n) is 10.4. The number of aliphatic hydroxyl groups is 1. The number of nitrogens with zero attached hydrogens (tertiary/aromatic N) is 2. The Balaban J connectivity index is 2.15. The standard InChI is InChI=1S/C13H15N3O3/c17-7-3-6-14-12(18)8-16-9-15-11-5-2-1-4-10(11)13(16)19/h1-2,4-5,9,17H,3,6-8H2,(H,14,18). The van der Waals surface area contributed by atoms with Gasteiger partial charge >= 0.3 is 0 Å². The van der Waals surface area contributed by atoms with Gasteiger partial charge in [-0.25, -0.2) is 4.98 Å². The molecule has 0 fully saturated rings. The van der Waals surface area contributed by atoms with Crippen LogP contribution in [-0.2, 0) is 11.3 Å². The zero-order valence-corrected chi connectivity index (χ0v) is 10.4. The van der Waals surface area contributed by atoms with Crippen molar-refractivity contribution in [3.8, 4) is 0 Å². The molecular formula is C13H15N3O3. The highest BCUT2D eigenvalue weighted by Gasteiger charge is 2.07. The summed E-state index contributed by atoms with van der Waals surface area (Å²) in [6, 6.07) is 7.00. The molecule has 0 spiro atoms. The first kappa shape index (κ1) is 13.2. The first-order chi connectivity index (χ1) is 9.22. The van der Waals surface area contributed by atoms with Gasteiger partial charge in [0.05, 0.1) is 17.2 Å².